The van der Waals surface area contributed by atoms with Gasteiger partial charge in [-0.25, -0.2) is 4.79 Å². The molecular formula is C30H36BrNO4. The number of carbonyl (C=O) groups is 2. The lowest BCUT2D eigenvalue weighted by molar-refractivity contribution is -0.166. The van der Waals surface area contributed by atoms with Crippen molar-refractivity contribution in [1.82, 2.24) is 0 Å². The quantitative estimate of drug-likeness (QED) is 0.369. The third-order valence-corrected chi connectivity index (χ3v) is 9.40. The Kier molecular flexibility index (Phi) is 6.69. The van der Waals surface area contributed by atoms with E-state index in [0.29, 0.717) is 12.5 Å². The van der Waals surface area contributed by atoms with Crippen molar-refractivity contribution in [2.24, 2.45) is 11.3 Å². The van der Waals surface area contributed by atoms with Crippen LogP contribution in [0.25, 0.3) is 0 Å². The van der Waals surface area contributed by atoms with E-state index in [0.717, 1.165) is 42.3 Å². The molecule has 36 heavy (non-hydrogen) atoms. The minimum absolute atomic E-state index is 0.0353. The number of fused-ring (bicyclic) bond motifs is 3. The van der Waals surface area contributed by atoms with E-state index in [1.807, 2.05) is 24.3 Å². The standard InChI is InChI=1S/C30H36BrNO4/c1-19(2)20-9-11-25-21(15-20)10-12-26-29(25,3)13-6-14-30(26,4)27(33)35-18-24-17-32(28(34)36-24)23-8-5-7-22(31)16-23/h5,7-9,11,15-16,19,24,26H,6,10,12-14,17-18H2,1-4H3/t24?,26?,29-,30-/m1/s1. The van der Waals surface area contributed by atoms with Crippen LogP contribution >= 0.6 is 15.9 Å². The maximum atomic E-state index is 13.6. The zero-order chi connectivity index (χ0) is 25.7. The molecule has 0 N–H and O–H groups in total. The Balaban J connectivity index is 1.29. The zero-order valence-corrected chi connectivity index (χ0v) is 23.3. The molecule has 1 amide bonds. The van der Waals surface area contributed by atoms with Gasteiger partial charge in [0.1, 0.15) is 6.61 Å². The van der Waals surface area contributed by atoms with Crippen LogP contribution in [0.5, 0.6) is 0 Å². The number of benzene rings is 2. The minimum Gasteiger partial charge on any atom is -0.461 e. The molecule has 0 spiro atoms. The van der Waals surface area contributed by atoms with Crippen LogP contribution in [0.3, 0.4) is 0 Å². The van der Waals surface area contributed by atoms with Gasteiger partial charge in [0.2, 0.25) is 0 Å². The van der Waals surface area contributed by atoms with Gasteiger partial charge in [0.15, 0.2) is 6.10 Å². The molecule has 1 heterocycles. The summed E-state index contributed by atoms with van der Waals surface area (Å²) in [5.74, 6) is 0.585. The molecule has 0 bridgehead atoms. The van der Waals surface area contributed by atoms with Crippen LogP contribution in [0.4, 0.5) is 10.5 Å². The lowest BCUT2D eigenvalue weighted by atomic mass is 9.49. The second kappa shape index (κ2) is 9.51. The Bertz CT molecular complexity index is 1180. The molecule has 2 aromatic carbocycles. The molecule has 0 radical (unpaired) electrons. The van der Waals surface area contributed by atoms with Gasteiger partial charge in [0, 0.05) is 10.2 Å². The largest absolute Gasteiger partial charge is 0.461 e. The van der Waals surface area contributed by atoms with Gasteiger partial charge in [-0.3, -0.25) is 9.69 Å². The second-order valence-corrected chi connectivity index (χ2v) is 12.5. The number of ether oxygens (including phenoxy) is 2. The molecular weight excluding hydrogens is 518 g/mol. The van der Waals surface area contributed by atoms with Crippen molar-refractivity contribution in [3.8, 4) is 0 Å². The zero-order valence-electron chi connectivity index (χ0n) is 21.7. The molecule has 2 aromatic rings. The van der Waals surface area contributed by atoms with Crippen LogP contribution in [0, 0.1) is 11.3 Å². The van der Waals surface area contributed by atoms with Gasteiger partial charge in [-0.2, -0.15) is 0 Å². The van der Waals surface area contributed by atoms with Crippen molar-refractivity contribution in [3.63, 3.8) is 0 Å². The van der Waals surface area contributed by atoms with Gasteiger partial charge in [-0.15, -0.1) is 0 Å². The van der Waals surface area contributed by atoms with Crippen LogP contribution < -0.4 is 4.90 Å². The van der Waals surface area contributed by atoms with Crippen molar-refractivity contribution in [1.29, 1.82) is 0 Å². The number of nitrogens with zero attached hydrogens (tertiary/aromatic N) is 1. The Morgan fingerprint density at radius 3 is 2.75 bits per heavy atom. The van der Waals surface area contributed by atoms with Gasteiger partial charge >= 0.3 is 12.1 Å². The van der Waals surface area contributed by atoms with Crippen molar-refractivity contribution in [2.45, 2.75) is 77.2 Å². The highest BCUT2D eigenvalue weighted by atomic mass is 79.9. The number of rotatable bonds is 5. The summed E-state index contributed by atoms with van der Waals surface area (Å²) < 4.78 is 12.3. The first-order valence-electron chi connectivity index (χ1n) is 13.2. The first-order chi connectivity index (χ1) is 17.1. The smallest absolute Gasteiger partial charge is 0.414 e. The number of hydrogen-bond donors (Lipinski definition) is 0. The summed E-state index contributed by atoms with van der Waals surface area (Å²) in [5.41, 5.74) is 4.43. The van der Waals surface area contributed by atoms with Crippen molar-refractivity contribution >= 4 is 33.7 Å². The summed E-state index contributed by atoms with van der Waals surface area (Å²) in [4.78, 5) is 27.7. The van der Waals surface area contributed by atoms with Crippen LogP contribution in [0.15, 0.2) is 46.9 Å². The summed E-state index contributed by atoms with van der Waals surface area (Å²) >= 11 is 3.45. The topological polar surface area (TPSA) is 55.8 Å². The van der Waals surface area contributed by atoms with Crippen LogP contribution in [0.1, 0.15) is 76.0 Å². The van der Waals surface area contributed by atoms with Gasteiger partial charge < -0.3 is 9.47 Å². The third kappa shape index (κ3) is 4.36. The lowest BCUT2D eigenvalue weighted by Crippen LogP contribution is -2.53. The van der Waals surface area contributed by atoms with Gasteiger partial charge in [0.25, 0.3) is 0 Å². The highest BCUT2D eigenvalue weighted by Crippen LogP contribution is 2.57. The van der Waals surface area contributed by atoms with E-state index < -0.39 is 17.6 Å². The average molecular weight is 555 g/mol. The highest BCUT2D eigenvalue weighted by molar-refractivity contribution is 9.10. The number of carbonyl (C=O) groups excluding carboxylic acids is 2. The Morgan fingerprint density at radius 2 is 2.00 bits per heavy atom. The first-order valence-corrected chi connectivity index (χ1v) is 14.0. The maximum absolute atomic E-state index is 13.6. The fraction of sp³-hybridized carbons (Fsp3) is 0.533. The number of cyclic esters (lactones) is 1. The number of anilines is 1. The molecule has 1 saturated carbocycles. The molecule has 5 rings (SSSR count). The molecule has 1 aliphatic heterocycles. The monoisotopic (exact) mass is 553 g/mol. The van der Waals surface area contributed by atoms with Crippen molar-refractivity contribution in [2.75, 3.05) is 18.1 Å². The predicted molar refractivity (Wildman–Crippen MR) is 144 cm³/mol. The number of halogens is 1. The molecule has 192 valence electrons. The number of hydrogen-bond acceptors (Lipinski definition) is 4. The van der Waals surface area contributed by atoms with Gasteiger partial charge in [0.05, 0.1) is 12.0 Å². The Labute approximate surface area is 222 Å². The van der Waals surface area contributed by atoms with Crippen molar-refractivity contribution < 1.29 is 19.1 Å². The first kappa shape index (κ1) is 25.3. The Hall–Kier alpha value is -2.34. The normalized spacial score (nSPS) is 29.5. The molecule has 4 atom stereocenters. The summed E-state index contributed by atoms with van der Waals surface area (Å²) in [6, 6.07) is 14.5. The molecule has 0 aromatic heterocycles. The van der Waals surface area contributed by atoms with Gasteiger partial charge in [-0.05, 0) is 84.7 Å². The number of aryl methyl sites for hydroxylation is 1. The average Bonchev–Trinajstić information content (AvgIpc) is 3.22. The van der Waals surface area contributed by atoms with E-state index in [-0.39, 0.29) is 23.9 Å². The van der Waals surface area contributed by atoms with E-state index >= 15 is 0 Å². The van der Waals surface area contributed by atoms with Crippen LogP contribution in [-0.4, -0.2) is 31.3 Å². The predicted octanol–water partition coefficient (Wildman–Crippen LogP) is 7.15. The summed E-state index contributed by atoms with van der Waals surface area (Å²) in [5, 5.41) is 0. The third-order valence-electron chi connectivity index (χ3n) is 8.90. The van der Waals surface area contributed by atoms with Gasteiger partial charge in [-0.1, -0.05) is 67.4 Å². The minimum atomic E-state index is -0.548. The van der Waals surface area contributed by atoms with Crippen molar-refractivity contribution in [3.05, 3.63) is 63.6 Å². The molecule has 2 aliphatic carbocycles. The second-order valence-electron chi connectivity index (χ2n) is 11.5. The number of amides is 1. The molecule has 2 fully saturated rings. The van der Waals surface area contributed by atoms with E-state index in [4.69, 9.17) is 9.47 Å². The highest BCUT2D eigenvalue weighted by Gasteiger charge is 2.56. The summed E-state index contributed by atoms with van der Waals surface area (Å²) in [7, 11) is 0. The maximum Gasteiger partial charge on any atom is 0.414 e. The molecule has 3 aliphatic rings. The molecule has 5 nitrogen and oxygen atoms in total. The summed E-state index contributed by atoms with van der Waals surface area (Å²) in [6.45, 7) is 9.38. The number of esters is 1. The Morgan fingerprint density at radius 1 is 1.19 bits per heavy atom. The fourth-order valence-corrected chi connectivity index (χ4v) is 7.30. The van der Waals surface area contributed by atoms with E-state index in [1.165, 1.54) is 16.7 Å². The van der Waals surface area contributed by atoms with Crippen LogP contribution in [0.2, 0.25) is 0 Å². The van der Waals surface area contributed by atoms with E-state index in [1.54, 1.807) is 4.90 Å². The fourth-order valence-electron chi connectivity index (χ4n) is 6.91. The van der Waals surface area contributed by atoms with Crippen LogP contribution in [-0.2, 0) is 26.1 Å². The summed E-state index contributed by atoms with van der Waals surface area (Å²) in [6.07, 6.45) is 4.04. The SMILES string of the molecule is CC(C)c1ccc2c(c1)CCC1[C@](C)(C(=O)OCC3CN(c4cccc(Br)c4)C(=O)O3)CCC[C@]21C. The van der Waals surface area contributed by atoms with E-state index in [2.05, 4.69) is 61.8 Å². The molecule has 1 saturated heterocycles. The lowest BCUT2D eigenvalue weighted by Gasteiger charge is -2.54. The molecule has 6 heteroatoms. The molecule has 2 unspecified atom stereocenters. The van der Waals surface area contributed by atoms with E-state index in [9.17, 15) is 9.59 Å².